The van der Waals surface area contributed by atoms with Crippen LogP contribution in [0.2, 0.25) is 0 Å². The van der Waals surface area contributed by atoms with E-state index in [0.29, 0.717) is 65.4 Å². The van der Waals surface area contributed by atoms with Crippen LogP contribution in [-0.4, -0.2) is 86.0 Å². The Bertz CT molecular complexity index is 1950. The third-order valence-corrected chi connectivity index (χ3v) is 10.8. The molecule has 12 heteroatoms. The zero-order valence-corrected chi connectivity index (χ0v) is 28.4. The Morgan fingerprint density at radius 1 is 1.00 bits per heavy atom. The van der Waals surface area contributed by atoms with E-state index >= 15 is 0 Å². The van der Waals surface area contributed by atoms with Gasteiger partial charge >= 0.3 is 0 Å². The lowest BCUT2D eigenvalue weighted by molar-refractivity contribution is -0.0828. The first-order valence-corrected chi connectivity index (χ1v) is 17.5. The molecule has 2 saturated heterocycles. The van der Waals surface area contributed by atoms with Crippen LogP contribution in [0.5, 0.6) is 0 Å². The van der Waals surface area contributed by atoms with Gasteiger partial charge in [0.1, 0.15) is 23.0 Å². The fourth-order valence-electron chi connectivity index (χ4n) is 8.13. The van der Waals surface area contributed by atoms with Gasteiger partial charge in [-0.05, 0) is 81.0 Å². The molecule has 3 aliphatic heterocycles. The number of fused-ring (bicyclic) bond motifs is 3. The summed E-state index contributed by atoms with van der Waals surface area (Å²) in [5, 5.41) is 13.9. The van der Waals surface area contributed by atoms with Gasteiger partial charge in [0.25, 0.3) is 11.5 Å². The number of nitrogens with zero attached hydrogens (tertiary/aromatic N) is 7. The zero-order chi connectivity index (χ0) is 33.8. The maximum Gasteiger partial charge on any atom is 0.276 e. The molecule has 2 fully saturated rings. The molecule has 4 aromatic heterocycles. The molecule has 0 saturated carbocycles. The van der Waals surface area contributed by atoms with E-state index in [2.05, 4.69) is 44.6 Å². The second-order valence-corrected chi connectivity index (χ2v) is 14.0. The van der Waals surface area contributed by atoms with Crippen molar-refractivity contribution in [2.75, 3.05) is 48.0 Å². The molecule has 1 amide bonds. The molecule has 0 aromatic carbocycles. The number of piperazine rings is 1. The molecule has 1 aliphatic carbocycles. The Kier molecular flexibility index (Phi) is 8.25. The van der Waals surface area contributed by atoms with Gasteiger partial charge in [-0.25, -0.2) is 9.97 Å². The van der Waals surface area contributed by atoms with Crippen molar-refractivity contribution in [3.8, 4) is 11.1 Å². The molecule has 4 aliphatic rings. The minimum absolute atomic E-state index is 0.101. The van der Waals surface area contributed by atoms with Crippen molar-refractivity contribution in [3.05, 3.63) is 81.8 Å². The molecule has 2 unspecified atom stereocenters. The second kappa shape index (κ2) is 12.7. The third-order valence-electron chi connectivity index (χ3n) is 10.8. The van der Waals surface area contributed by atoms with Crippen LogP contribution in [0.4, 0.5) is 23.0 Å². The first kappa shape index (κ1) is 31.7. The maximum atomic E-state index is 13.8. The van der Waals surface area contributed by atoms with Gasteiger partial charge < -0.3 is 29.2 Å². The summed E-state index contributed by atoms with van der Waals surface area (Å²) < 4.78 is 9.13. The number of rotatable bonds is 7. The fourth-order valence-corrected chi connectivity index (χ4v) is 8.13. The van der Waals surface area contributed by atoms with Crippen LogP contribution in [0.3, 0.4) is 0 Å². The molecule has 256 valence electrons. The van der Waals surface area contributed by atoms with Crippen LogP contribution in [0.1, 0.15) is 54.0 Å². The van der Waals surface area contributed by atoms with Crippen molar-refractivity contribution in [1.29, 1.82) is 0 Å². The van der Waals surface area contributed by atoms with Crippen LogP contribution in [0.15, 0.2) is 53.7 Å². The molecular formula is C37H44N8O4. The van der Waals surface area contributed by atoms with E-state index in [9.17, 15) is 14.7 Å². The van der Waals surface area contributed by atoms with Crippen molar-refractivity contribution in [2.24, 2.45) is 7.05 Å². The predicted molar refractivity (Wildman–Crippen MR) is 189 cm³/mol. The minimum atomic E-state index is -0.311. The second-order valence-electron chi connectivity index (χ2n) is 14.0. The van der Waals surface area contributed by atoms with E-state index in [1.54, 1.807) is 30.4 Å². The fraction of sp³-hybridized carbons (Fsp3) is 0.459. The van der Waals surface area contributed by atoms with Gasteiger partial charge in [-0.15, -0.1) is 0 Å². The highest BCUT2D eigenvalue weighted by Gasteiger charge is 2.37. The number of aromatic nitrogens is 4. The molecule has 12 nitrogen and oxygen atoms in total. The maximum absolute atomic E-state index is 13.8. The Morgan fingerprint density at radius 3 is 2.59 bits per heavy atom. The highest BCUT2D eigenvalue weighted by atomic mass is 16.5. The monoisotopic (exact) mass is 664 g/mol. The van der Waals surface area contributed by atoms with E-state index < -0.39 is 0 Å². The number of hydrogen-bond acceptors (Lipinski definition) is 9. The van der Waals surface area contributed by atoms with Gasteiger partial charge in [-0.3, -0.25) is 19.4 Å². The Morgan fingerprint density at radius 2 is 1.84 bits per heavy atom. The molecule has 4 aromatic rings. The quantitative estimate of drug-likeness (QED) is 0.305. The van der Waals surface area contributed by atoms with E-state index in [1.165, 1.54) is 15.8 Å². The average Bonchev–Trinajstić information content (AvgIpc) is 3.47. The Hall–Kier alpha value is -4.52. The Balaban J connectivity index is 1.04. The topological polar surface area (TPSA) is 121 Å². The highest BCUT2D eigenvalue weighted by molar-refractivity contribution is 6.06. The normalized spacial score (nSPS) is 21.3. The van der Waals surface area contributed by atoms with Crippen LogP contribution >= 0.6 is 0 Å². The lowest BCUT2D eigenvalue weighted by Gasteiger charge is -2.50. The summed E-state index contributed by atoms with van der Waals surface area (Å²) in [6, 6.07) is 10.9. The number of hydrogen-bond donors (Lipinski definition) is 2. The van der Waals surface area contributed by atoms with Gasteiger partial charge in [0.15, 0.2) is 0 Å². The smallest absolute Gasteiger partial charge is 0.276 e. The molecule has 0 radical (unpaired) electrons. The average molecular weight is 665 g/mol. The summed E-state index contributed by atoms with van der Waals surface area (Å²) in [5.74, 6) is 0.906. The van der Waals surface area contributed by atoms with Gasteiger partial charge in [0.2, 0.25) is 0 Å². The number of aliphatic hydroxyl groups is 1. The zero-order valence-electron chi connectivity index (χ0n) is 28.4. The van der Waals surface area contributed by atoms with Gasteiger partial charge in [0.05, 0.1) is 37.7 Å². The van der Waals surface area contributed by atoms with Crippen molar-refractivity contribution < 1.29 is 14.6 Å². The van der Waals surface area contributed by atoms with E-state index in [-0.39, 0.29) is 18.1 Å². The largest absolute Gasteiger partial charge is 0.392 e. The lowest BCUT2D eigenvalue weighted by Crippen LogP contribution is -2.63. The number of pyridine rings is 3. The van der Waals surface area contributed by atoms with Gasteiger partial charge in [-0.2, -0.15) is 0 Å². The van der Waals surface area contributed by atoms with Crippen LogP contribution in [0.25, 0.3) is 11.1 Å². The summed E-state index contributed by atoms with van der Waals surface area (Å²) in [6.07, 6.45) is 9.59. The summed E-state index contributed by atoms with van der Waals surface area (Å²) in [6.45, 7) is 8.89. The number of ether oxygens (including phenoxy) is 1. The summed E-state index contributed by atoms with van der Waals surface area (Å²) in [4.78, 5) is 43.1. The number of nitrogens with one attached hydrogen (secondary N) is 1. The SMILES string of the molecule is CC1CN(C2COC2)C(C)CN1c1ccc(Nc2cc(-c3ccnc(N4CCn5c(cc6c5CCCC6)C4=O)c3CO)cn(C)c2=O)nc1. The molecular weight excluding hydrogens is 620 g/mol. The number of aliphatic hydroxyl groups excluding tert-OH is 1. The van der Waals surface area contributed by atoms with Crippen molar-refractivity contribution in [1.82, 2.24) is 24.0 Å². The van der Waals surface area contributed by atoms with Crippen molar-refractivity contribution in [3.63, 3.8) is 0 Å². The summed E-state index contributed by atoms with van der Waals surface area (Å²) in [5.41, 5.74) is 6.42. The predicted octanol–water partition coefficient (Wildman–Crippen LogP) is 3.72. The van der Waals surface area contributed by atoms with E-state index in [4.69, 9.17) is 9.72 Å². The van der Waals surface area contributed by atoms with Crippen LogP contribution in [-0.2, 0) is 37.8 Å². The highest BCUT2D eigenvalue weighted by Crippen LogP contribution is 2.35. The van der Waals surface area contributed by atoms with Crippen molar-refractivity contribution >= 4 is 28.9 Å². The minimum Gasteiger partial charge on any atom is -0.392 e. The summed E-state index contributed by atoms with van der Waals surface area (Å²) >= 11 is 0. The van der Waals surface area contributed by atoms with E-state index in [0.717, 1.165) is 63.2 Å². The Labute approximate surface area is 285 Å². The standard InChI is InChI=1S/C37H44N8O4/c1-23-18-45(28-21-49-22-28)24(2)17-44(23)27-8-9-34(39-16-27)40-31-14-26(19-41(3)36(31)47)29-10-11-38-35(30(29)20-46)43-13-12-42-32-7-5-4-6-25(32)15-33(42)37(43)48/h8-11,14-16,19,23-24,28,46H,4-7,12-13,17-18,20-22H2,1-3H3,(H,39,40). The molecule has 0 bridgehead atoms. The number of carbonyl (C=O) groups is 1. The van der Waals surface area contributed by atoms with Crippen molar-refractivity contribution in [2.45, 2.75) is 70.8 Å². The molecule has 8 rings (SSSR count). The lowest BCUT2D eigenvalue weighted by atomic mass is 9.98. The van der Waals surface area contributed by atoms with Gasteiger partial charge in [0, 0.05) is 74.5 Å². The first-order valence-electron chi connectivity index (χ1n) is 17.5. The molecule has 49 heavy (non-hydrogen) atoms. The van der Waals surface area contributed by atoms with Crippen LogP contribution in [0, 0.1) is 0 Å². The molecule has 2 atom stereocenters. The number of anilines is 4. The van der Waals surface area contributed by atoms with Crippen LogP contribution < -0.4 is 20.7 Å². The summed E-state index contributed by atoms with van der Waals surface area (Å²) in [7, 11) is 1.70. The third kappa shape index (κ3) is 5.61. The molecule has 7 heterocycles. The number of aryl methyl sites for hydroxylation is 2. The number of amides is 1. The molecule has 2 N–H and O–H groups in total. The molecule has 0 spiro atoms. The first-order chi connectivity index (χ1) is 23.8. The van der Waals surface area contributed by atoms with Gasteiger partial charge in [-0.1, -0.05) is 0 Å². The number of carbonyl (C=O) groups excluding carboxylic acids is 1. The van der Waals surface area contributed by atoms with E-state index in [1.807, 2.05) is 24.4 Å².